The molecular formula is C23H22N6O. The van der Waals surface area contributed by atoms with Gasteiger partial charge in [-0.05, 0) is 41.8 Å². The fraction of sp³-hybridized carbons (Fsp3) is 0.174. The van der Waals surface area contributed by atoms with Crippen molar-refractivity contribution in [3.8, 4) is 0 Å². The van der Waals surface area contributed by atoms with Gasteiger partial charge in [-0.25, -0.2) is 9.97 Å². The zero-order valence-corrected chi connectivity index (χ0v) is 16.5. The lowest BCUT2D eigenvalue weighted by molar-refractivity contribution is 0.122. The second-order valence-electron chi connectivity index (χ2n) is 7.04. The average Bonchev–Trinajstić information content (AvgIpc) is 2.81. The molecule has 0 saturated carbocycles. The lowest BCUT2D eigenvalue weighted by Crippen LogP contribution is -2.36. The Kier molecular flexibility index (Phi) is 5.10. The molecule has 2 aromatic carbocycles. The molecule has 1 aliphatic rings. The minimum Gasteiger partial charge on any atom is -0.378 e. The first kappa shape index (κ1) is 18.3. The Morgan fingerprint density at radius 2 is 1.60 bits per heavy atom. The fourth-order valence-electron chi connectivity index (χ4n) is 3.54. The molecular weight excluding hydrogens is 376 g/mol. The Hall–Kier alpha value is -3.71. The summed E-state index contributed by atoms with van der Waals surface area (Å²) < 4.78 is 5.42. The Labute approximate surface area is 174 Å². The first-order valence-corrected chi connectivity index (χ1v) is 9.99. The van der Waals surface area contributed by atoms with Gasteiger partial charge in [-0.15, -0.1) is 0 Å². The van der Waals surface area contributed by atoms with Crippen molar-refractivity contribution >= 4 is 39.7 Å². The molecule has 0 radical (unpaired) electrons. The van der Waals surface area contributed by atoms with Crippen LogP contribution < -0.4 is 15.5 Å². The smallest absolute Gasteiger partial charge is 0.230 e. The van der Waals surface area contributed by atoms with Crippen molar-refractivity contribution in [2.75, 3.05) is 41.8 Å². The Bertz CT molecular complexity index is 1140. The topological polar surface area (TPSA) is 75.2 Å². The van der Waals surface area contributed by atoms with Gasteiger partial charge in [0.25, 0.3) is 0 Å². The third kappa shape index (κ3) is 4.01. The Morgan fingerprint density at radius 3 is 2.47 bits per heavy atom. The molecule has 0 unspecified atom stereocenters. The number of hydrogen-bond donors (Lipinski definition) is 2. The van der Waals surface area contributed by atoms with E-state index in [1.807, 2.05) is 30.3 Å². The van der Waals surface area contributed by atoms with Crippen molar-refractivity contribution in [2.45, 2.75) is 0 Å². The van der Waals surface area contributed by atoms with Crippen molar-refractivity contribution < 1.29 is 4.74 Å². The molecule has 7 heteroatoms. The molecule has 0 amide bonds. The summed E-state index contributed by atoms with van der Waals surface area (Å²) in [5.74, 6) is 1.95. The van der Waals surface area contributed by atoms with E-state index in [-0.39, 0.29) is 0 Å². The normalized spacial score (nSPS) is 13.9. The second kappa shape index (κ2) is 8.34. The largest absolute Gasteiger partial charge is 0.378 e. The van der Waals surface area contributed by atoms with E-state index in [1.165, 1.54) is 5.69 Å². The number of anilines is 5. The minimum atomic E-state index is 0.494. The van der Waals surface area contributed by atoms with E-state index in [9.17, 15) is 0 Å². The van der Waals surface area contributed by atoms with Crippen LogP contribution in [0.4, 0.5) is 29.0 Å². The molecule has 1 saturated heterocycles. The van der Waals surface area contributed by atoms with E-state index in [1.54, 1.807) is 12.4 Å². The van der Waals surface area contributed by atoms with Gasteiger partial charge in [-0.1, -0.05) is 24.3 Å². The quantitative estimate of drug-likeness (QED) is 0.518. The summed E-state index contributed by atoms with van der Waals surface area (Å²) in [7, 11) is 0. The maximum absolute atomic E-state index is 5.42. The predicted molar refractivity (Wildman–Crippen MR) is 120 cm³/mol. The Morgan fingerprint density at radius 1 is 0.800 bits per heavy atom. The van der Waals surface area contributed by atoms with Crippen molar-refractivity contribution in [1.29, 1.82) is 0 Å². The molecule has 0 bridgehead atoms. The number of rotatable bonds is 5. The third-order valence-corrected chi connectivity index (χ3v) is 5.08. The molecule has 30 heavy (non-hydrogen) atoms. The third-order valence-electron chi connectivity index (χ3n) is 5.08. The highest BCUT2D eigenvalue weighted by Gasteiger charge is 2.11. The van der Waals surface area contributed by atoms with Crippen molar-refractivity contribution in [3.63, 3.8) is 0 Å². The van der Waals surface area contributed by atoms with E-state index in [4.69, 9.17) is 4.74 Å². The van der Waals surface area contributed by atoms with E-state index < -0.39 is 0 Å². The van der Waals surface area contributed by atoms with Crippen LogP contribution in [-0.2, 0) is 4.74 Å². The van der Waals surface area contributed by atoms with Crippen molar-refractivity contribution in [3.05, 3.63) is 73.1 Å². The van der Waals surface area contributed by atoms with E-state index >= 15 is 0 Å². The molecule has 7 nitrogen and oxygen atoms in total. The summed E-state index contributed by atoms with van der Waals surface area (Å²) in [5, 5.41) is 8.72. The van der Waals surface area contributed by atoms with Gasteiger partial charge < -0.3 is 20.3 Å². The number of ether oxygens (including phenoxy) is 1. The van der Waals surface area contributed by atoms with E-state index in [0.29, 0.717) is 11.8 Å². The number of morpholine rings is 1. The Balaban J connectivity index is 1.31. The molecule has 2 aromatic heterocycles. The van der Waals surface area contributed by atoms with Crippen LogP contribution in [0.1, 0.15) is 0 Å². The van der Waals surface area contributed by atoms with E-state index in [2.05, 4.69) is 60.8 Å². The summed E-state index contributed by atoms with van der Waals surface area (Å²) in [6.45, 7) is 3.41. The van der Waals surface area contributed by atoms with Gasteiger partial charge in [0.15, 0.2) is 0 Å². The summed E-state index contributed by atoms with van der Waals surface area (Å²) in [4.78, 5) is 15.7. The van der Waals surface area contributed by atoms with E-state index in [0.717, 1.165) is 48.6 Å². The summed E-state index contributed by atoms with van der Waals surface area (Å²) in [6.07, 6.45) is 3.51. The predicted octanol–water partition coefficient (Wildman–Crippen LogP) is 4.35. The molecule has 0 spiro atoms. The number of aromatic nitrogens is 3. The fourth-order valence-corrected chi connectivity index (χ4v) is 3.54. The number of hydrogen-bond acceptors (Lipinski definition) is 7. The molecule has 1 fully saturated rings. The van der Waals surface area contributed by atoms with Gasteiger partial charge in [0, 0.05) is 42.2 Å². The molecule has 2 N–H and O–H groups in total. The van der Waals surface area contributed by atoms with Crippen LogP contribution in [0.5, 0.6) is 0 Å². The maximum atomic E-state index is 5.42. The van der Waals surface area contributed by atoms with Crippen molar-refractivity contribution in [1.82, 2.24) is 15.0 Å². The SMILES string of the molecule is c1ccc2c(Nc3nccc(Nc4ccc(N5CCOCC5)cc4)n3)nccc2c1. The summed E-state index contributed by atoms with van der Waals surface area (Å²) in [5.41, 5.74) is 2.18. The molecule has 3 heterocycles. The van der Waals surface area contributed by atoms with Crippen molar-refractivity contribution in [2.24, 2.45) is 0 Å². The number of pyridine rings is 1. The summed E-state index contributed by atoms with van der Waals surface area (Å²) >= 11 is 0. The molecule has 0 atom stereocenters. The average molecular weight is 398 g/mol. The van der Waals surface area contributed by atoms with Crippen LogP contribution in [0.15, 0.2) is 73.1 Å². The number of nitrogens with zero attached hydrogens (tertiary/aromatic N) is 4. The van der Waals surface area contributed by atoms with Gasteiger partial charge in [-0.3, -0.25) is 0 Å². The van der Waals surface area contributed by atoms with Gasteiger partial charge in [0.1, 0.15) is 11.6 Å². The molecule has 4 aromatic rings. The molecule has 0 aliphatic carbocycles. The van der Waals surface area contributed by atoms with Gasteiger partial charge >= 0.3 is 0 Å². The lowest BCUT2D eigenvalue weighted by atomic mass is 10.1. The zero-order chi connectivity index (χ0) is 20.2. The number of nitrogens with one attached hydrogen (secondary N) is 2. The van der Waals surface area contributed by atoms with Gasteiger partial charge in [0.05, 0.1) is 13.2 Å². The molecule has 5 rings (SSSR count). The first-order valence-electron chi connectivity index (χ1n) is 9.99. The molecule has 150 valence electrons. The van der Waals surface area contributed by atoms with Gasteiger partial charge in [0.2, 0.25) is 5.95 Å². The molecule has 1 aliphatic heterocycles. The number of benzene rings is 2. The van der Waals surface area contributed by atoms with Crippen LogP contribution in [0.25, 0.3) is 10.8 Å². The first-order chi connectivity index (χ1) is 14.8. The number of fused-ring (bicyclic) bond motifs is 1. The summed E-state index contributed by atoms with van der Waals surface area (Å²) in [6, 6.07) is 20.3. The lowest BCUT2D eigenvalue weighted by Gasteiger charge is -2.28. The highest BCUT2D eigenvalue weighted by atomic mass is 16.5. The minimum absolute atomic E-state index is 0.494. The van der Waals surface area contributed by atoms with Crippen LogP contribution in [0.2, 0.25) is 0 Å². The zero-order valence-electron chi connectivity index (χ0n) is 16.5. The highest BCUT2D eigenvalue weighted by molar-refractivity contribution is 5.92. The van der Waals surface area contributed by atoms with Crippen LogP contribution in [0.3, 0.4) is 0 Å². The monoisotopic (exact) mass is 398 g/mol. The highest BCUT2D eigenvalue weighted by Crippen LogP contribution is 2.24. The van der Waals surface area contributed by atoms with Crippen LogP contribution >= 0.6 is 0 Å². The maximum Gasteiger partial charge on any atom is 0.230 e. The standard InChI is InChI=1S/C23H22N6O/c1-2-4-20-17(3-1)9-11-24-22(20)28-23-25-12-10-21(27-23)26-18-5-7-19(8-6-18)29-13-15-30-16-14-29/h1-12H,13-16H2,(H2,24,25,26,27,28). The van der Waals surface area contributed by atoms with Gasteiger partial charge in [-0.2, -0.15) is 4.98 Å². The van der Waals surface area contributed by atoms with Crippen LogP contribution in [-0.4, -0.2) is 41.3 Å². The van der Waals surface area contributed by atoms with Crippen LogP contribution in [0, 0.1) is 0 Å². The second-order valence-corrected chi connectivity index (χ2v) is 7.04.